The van der Waals surface area contributed by atoms with Crippen molar-refractivity contribution >= 4 is 5.91 Å². The van der Waals surface area contributed by atoms with E-state index in [4.69, 9.17) is 5.84 Å². The summed E-state index contributed by atoms with van der Waals surface area (Å²) in [4.78, 5) is 15.2. The molecule has 1 heterocycles. The number of imidazole rings is 1. The fraction of sp³-hybridized carbons (Fsp3) is 0.143. The molecule has 0 radical (unpaired) electrons. The second kappa shape index (κ2) is 5.85. The molecule has 1 amide bonds. The summed E-state index contributed by atoms with van der Waals surface area (Å²) >= 11 is 0. The van der Waals surface area contributed by atoms with Crippen LogP contribution in [0.3, 0.4) is 0 Å². The smallest absolute Gasteiger partial charge is 0.238 e. The molecule has 0 fully saturated rings. The first-order valence-corrected chi connectivity index (χ1v) is 5.77. The average Bonchev–Trinajstić information content (AvgIpc) is 2.83. The maximum absolute atomic E-state index is 11.1. The number of hydrogen-bond donors (Lipinski definition) is 2. The number of hydrazine groups is 1. The van der Waals surface area contributed by atoms with E-state index in [0.717, 1.165) is 11.1 Å². The monoisotopic (exact) mass is 254 g/mol. The van der Waals surface area contributed by atoms with Gasteiger partial charge >= 0.3 is 0 Å². The van der Waals surface area contributed by atoms with Gasteiger partial charge in [0, 0.05) is 25.0 Å². The maximum atomic E-state index is 11.1. The van der Waals surface area contributed by atoms with Gasteiger partial charge in [0.1, 0.15) is 0 Å². The van der Waals surface area contributed by atoms with Gasteiger partial charge in [-0.05, 0) is 23.6 Å². The Morgan fingerprint density at radius 2 is 2.11 bits per heavy atom. The number of carbonyl (C=O) groups is 1. The van der Waals surface area contributed by atoms with E-state index in [2.05, 4.69) is 22.3 Å². The van der Waals surface area contributed by atoms with E-state index in [1.807, 2.05) is 42.1 Å². The number of nitrogens with one attached hydrogen (secondary N) is 1. The zero-order valence-electron chi connectivity index (χ0n) is 10.6. The maximum Gasteiger partial charge on any atom is 0.238 e. The van der Waals surface area contributed by atoms with E-state index in [-0.39, 0.29) is 12.3 Å². The molecule has 0 saturated heterocycles. The molecule has 2 aromatic rings. The molecule has 5 nitrogen and oxygen atoms in total. The lowest BCUT2D eigenvalue weighted by Gasteiger charge is -1.99. The van der Waals surface area contributed by atoms with Crippen molar-refractivity contribution in [3.05, 3.63) is 53.6 Å². The molecule has 0 aliphatic rings. The average molecular weight is 254 g/mol. The highest BCUT2D eigenvalue weighted by Gasteiger charge is 2.00. The summed E-state index contributed by atoms with van der Waals surface area (Å²) in [6.07, 6.45) is 3.82. The Balaban J connectivity index is 2.09. The number of hydrogen-bond acceptors (Lipinski definition) is 3. The van der Waals surface area contributed by atoms with E-state index in [0.29, 0.717) is 5.82 Å². The largest absolute Gasteiger partial charge is 0.327 e. The Labute approximate surface area is 111 Å². The quantitative estimate of drug-likeness (QED) is 0.351. The molecular weight excluding hydrogens is 240 g/mol. The standard InChI is InChI=1S/C14H14N4O/c1-18-9-8-16-13(18)7-6-11-2-4-12(5-3-11)10-14(19)17-15/h2-5,8-9H,10,15H2,1H3,(H,17,19). The van der Waals surface area contributed by atoms with E-state index in [1.165, 1.54) is 0 Å². The Bertz CT molecular complexity index is 631. The second-order valence-electron chi connectivity index (χ2n) is 4.05. The van der Waals surface area contributed by atoms with Gasteiger partial charge in [0.25, 0.3) is 0 Å². The number of nitrogens with two attached hydrogens (primary N) is 1. The van der Waals surface area contributed by atoms with Crippen LogP contribution < -0.4 is 11.3 Å². The van der Waals surface area contributed by atoms with Crippen molar-refractivity contribution in [1.29, 1.82) is 0 Å². The van der Waals surface area contributed by atoms with Crippen LogP contribution in [0.2, 0.25) is 0 Å². The van der Waals surface area contributed by atoms with Crippen LogP contribution in [0.1, 0.15) is 17.0 Å². The molecule has 1 aromatic heterocycles. The van der Waals surface area contributed by atoms with Crippen LogP contribution in [0, 0.1) is 11.8 Å². The van der Waals surface area contributed by atoms with Crippen molar-refractivity contribution in [2.45, 2.75) is 6.42 Å². The summed E-state index contributed by atoms with van der Waals surface area (Å²) in [6.45, 7) is 0. The zero-order valence-corrected chi connectivity index (χ0v) is 10.6. The van der Waals surface area contributed by atoms with E-state index >= 15 is 0 Å². The van der Waals surface area contributed by atoms with E-state index < -0.39 is 0 Å². The van der Waals surface area contributed by atoms with E-state index in [9.17, 15) is 4.79 Å². The summed E-state index contributed by atoms with van der Waals surface area (Å²) < 4.78 is 1.85. The van der Waals surface area contributed by atoms with Gasteiger partial charge in [-0.15, -0.1) is 0 Å². The van der Waals surface area contributed by atoms with E-state index in [1.54, 1.807) is 6.20 Å². The predicted molar refractivity (Wildman–Crippen MR) is 71.7 cm³/mol. The molecule has 0 bridgehead atoms. The number of benzene rings is 1. The topological polar surface area (TPSA) is 72.9 Å². The summed E-state index contributed by atoms with van der Waals surface area (Å²) in [5.74, 6) is 11.5. The first kappa shape index (κ1) is 12.9. The Morgan fingerprint density at radius 3 is 2.68 bits per heavy atom. The van der Waals surface area contributed by atoms with Gasteiger partial charge < -0.3 is 4.57 Å². The Hall–Kier alpha value is -2.58. The van der Waals surface area contributed by atoms with Crippen molar-refractivity contribution < 1.29 is 4.79 Å². The highest BCUT2D eigenvalue weighted by Crippen LogP contribution is 2.04. The van der Waals surface area contributed by atoms with Gasteiger partial charge in [0.2, 0.25) is 5.91 Å². The lowest BCUT2D eigenvalue weighted by molar-refractivity contribution is -0.120. The summed E-state index contributed by atoms with van der Waals surface area (Å²) in [6, 6.07) is 7.46. The van der Waals surface area contributed by atoms with Crippen LogP contribution in [0.15, 0.2) is 36.7 Å². The normalized spacial score (nSPS) is 9.58. The number of aryl methyl sites for hydroxylation is 1. The molecule has 3 N–H and O–H groups in total. The molecular formula is C14H14N4O. The first-order valence-electron chi connectivity index (χ1n) is 5.77. The lowest BCUT2D eigenvalue weighted by atomic mass is 10.1. The molecule has 0 atom stereocenters. The number of amides is 1. The number of rotatable bonds is 2. The third-order valence-corrected chi connectivity index (χ3v) is 2.62. The van der Waals surface area contributed by atoms with Gasteiger partial charge in [-0.3, -0.25) is 10.2 Å². The second-order valence-corrected chi connectivity index (χ2v) is 4.05. The number of nitrogens with zero attached hydrogens (tertiary/aromatic N) is 2. The first-order chi connectivity index (χ1) is 9.19. The number of carbonyl (C=O) groups excluding carboxylic acids is 1. The van der Waals surface area contributed by atoms with Gasteiger partial charge in [-0.25, -0.2) is 10.8 Å². The minimum Gasteiger partial charge on any atom is -0.327 e. The van der Waals surface area contributed by atoms with Crippen LogP contribution in [0.4, 0.5) is 0 Å². The van der Waals surface area contributed by atoms with Crippen LogP contribution in [0.5, 0.6) is 0 Å². The fourth-order valence-corrected chi connectivity index (χ4v) is 1.56. The third-order valence-electron chi connectivity index (χ3n) is 2.62. The minimum absolute atomic E-state index is 0.216. The molecule has 0 saturated carbocycles. The molecule has 0 aliphatic carbocycles. The van der Waals surface area contributed by atoms with Crippen molar-refractivity contribution in [2.24, 2.45) is 12.9 Å². The van der Waals surface area contributed by atoms with Crippen molar-refractivity contribution in [3.8, 4) is 11.8 Å². The molecule has 5 heteroatoms. The summed E-state index contributed by atoms with van der Waals surface area (Å²) in [5.41, 5.74) is 3.87. The molecule has 0 spiro atoms. The summed E-state index contributed by atoms with van der Waals surface area (Å²) in [7, 11) is 1.89. The van der Waals surface area contributed by atoms with Crippen LogP contribution >= 0.6 is 0 Å². The molecule has 1 aromatic carbocycles. The molecule has 0 aliphatic heterocycles. The summed E-state index contributed by atoms with van der Waals surface area (Å²) in [5, 5.41) is 0. The molecule has 19 heavy (non-hydrogen) atoms. The van der Waals surface area contributed by atoms with Gasteiger partial charge in [-0.1, -0.05) is 18.1 Å². The predicted octanol–water partition coefficient (Wildman–Crippen LogP) is 0.352. The minimum atomic E-state index is -0.216. The lowest BCUT2D eigenvalue weighted by Crippen LogP contribution is -2.31. The Kier molecular flexibility index (Phi) is 3.96. The highest BCUT2D eigenvalue weighted by molar-refractivity contribution is 5.77. The van der Waals surface area contributed by atoms with Crippen LogP contribution in [-0.4, -0.2) is 15.5 Å². The van der Waals surface area contributed by atoms with Gasteiger partial charge in [0.15, 0.2) is 5.82 Å². The third kappa shape index (κ3) is 3.44. The fourth-order valence-electron chi connectivity index (χ4n) is 1.56. The molecule has 96 valence electrons. The van der Waals surface area contributed by atoms with Gasteiger partial charge in [-0.2, -0.15) is 0 Å². The SMILES string of the molecule is Cn1ccnc1C#Cc1ccc(CC(=O)NN)cc1. The molecule has 2 rings (SSSR count). The van der Waals surface area contributed by atoms with Crippen molar-refractivity contribution in [2.75, 3.05) is 0 Å². The van der Waals surface area contributed by atoms with Crippen LogP contribution in [0.25, 0.3) is 0 Å². The molecule has 0 unspecified atom stereocenters. The van der Waals surface area contributed by atoms with Crippen LogP contribution in [-0.2, 0) is 18.3 Å². The van der Waals surface area contributed by atoms with Crippen molar-refractivity contribution in [1.82, 2.24) is 15.0 Å². The highest BCUT2D eigenvalue weighted by atomic mass is 16.2. The Morgan fingerprint density at radius 1 is 1.37 bits per heavy atom. The van der Waals surface area contributed by atoms with Gasteiger partial charge in [0.05, 0.1) is 6.42 Å². The van der Waals surface area contributed by atoms with Crippen molar-refractivity contribution in [3.63, 3.8) is 0 Å². The zero-order chi connectivity index (χ0) is 13.7. The number of aromatic nitrogens is 2.